The third-order valence-corrected chi connectivity index (χ3v) is 3.48. The quantitative estimate of drug-likeness (QED) is 0.501. The second kappa shape index (κ2) is 3.45. The molecule has 0 saturated carbocycles. The Bertz CT molecular complexity index is 307. The third-order valence-electron chi connectivity index (χ3n) is 3.48. The van der Waals surface area contributed by atoms with Crippen LogP contribution in [0.25, 0.3) is 0 Å². The van der Waals surface area contributed by atoms with Gasteiger partial charge in [0.05, 0.1) is 11.8 Å². The summed E-state index contributed by atoms with van der Waals surface area (Å²) in [5.41, 5.74) is 0. The van der Waals surface area contributed by atoms with Gasteiger partial charge in [-0.1, -0.05) is 26.0 Å². The van der Waals surface area contributed by atoms with E-state index in [0.29, 0.717) is 0 Å². The predicted octanol–water partition coefficient (Wildman–Crippen LogP) is 0.379. The Morgan fingerprint density at radius 1 is 1.13 bits per heavy atom. The van der Waals surface area contributed by atoms with Gasteiger partial charge in [-0.3, -0.25) is 14.5 Å². The van der Waals surface area contributed by atoms with Crippen LogP contribution in [0, 0.1) is 23.7 Å². The number of fused-ring (bicyclic) bond motifs is 1. The largest absolute Gasteiger partial charge is 0.376 e. The first-order chi connectivity index (χ1) is 7.07. The van der Waals surface area contributed by atoms with E-state index in [2.05, 4.69) is 0 Å². The van der Waals surface area contributed by atoms with Gasteiger partial charge in [-0.15, -0.1) is 0 Å². The van der Waals surface area contributed by atoms with Crippen LogP contribution in [0.3, 0.4) is 0 Å². The highest BCUT2D eigenvalue weighted by molar-refractivity contribution is 6.05. The monoisotopic (exact) mass is 209 g/mol. The zero-order valence-corrected chi connectivity index (χ0v) is 8.88. The minimum atomic E-state index is -0.496. The fourth-order valence-corrected chi connectivity index (χ4v) is 2.61. The molecule has 0 aromatic rings. The third kappa shape index (κ3) is 1.32. The molecule has 0 aromatic carbocycles. The molecule has 4 nitrogen and oxygen atoms in total. The van der Waals surface area contributed by atoms with Crippen LogP contribution < -0.4 is 0 Å². The summed E-state index contributed by atoms with van der Waals surface area (Å²) >= 11 is 0. The van der Waals surface area contributed by atoms with Crippen LogP contribution in [-0.2, 0) is 9.59 Å². The predicted molar refractivity (Wildman–Crippen MR) is 53.4 cm³/mol. The maximum atomic E-state index is 11.8. The molecule has 2 aliphatic rings. The smallest absolute Gasteiger partial charge is 0.235 e. The summed E-state index contributed by atoms with van der Waals surface area (Å²) in [4.78, 5) is 24.7. The fraction of sp³-hybridized carbons (Fsp3) is 0.636. The van der Waals surface area contributed by atoms with E-state index in [1.54, 1.807) is 0 Å². The van der Waals surface area contributed by atoms with E-state index in [1.165, 1.54) is 0 Å². The Hall–Kier alpha value is -1.16. The highest BCUT2D eigenvalue weighted by atomic mass is 16.3. The molecular weight excluding hydrogens is 194 g/mol. The Morgan fingerprint density at radius 2 is 1.53 bits per heavy atom. The van der Waals surface area contributed by atoms with Gasteiger partial charge in [0, 0.05) is 0 Å². The lowest BCUT2D eigenvalue weighted by molar-refractivity contribution is -0.144. The van der Waals surface area contributed by atoms with Gasteiger partial charge < -0.3 is 5.11 Å². The number of rotatable bonds is 1. The zero-order valence-electron chi connectivity index (χ0n) is 8.88. The highest BCUT2D eigenvalue weighted by Gasteiger charge is 2.51. The number of allylic oxidation sites excluding steroid dienone is 2. The molecule has 4 atom stereocenters. The van der Waals surface area contributed by atoms with E-state index in [9.17, 15) is 9.59 Å². The van der Waals surface area contributed by atoms with Gasteiger partial charge in [0.25, 0.3) is 0 Å². The summed E-state index contributed by atoms with van der Waals surface area (Å²) in [5.74, 6) is -0.833. The number of imide groups is 1. The molecule has 1 fully saturated rings. The lowest BCUT2D eigenvalue weighted by atomic mass is 9.73. The first-order valence-electron chi connectivity index (χ1n) is 5.22. The molecule has 1 N–H and O–H groups in total. The summed E-state index contributed by atoms with van der Waals surface area (Å²) < 4.78 is 0. The van der Waals surface area contributed by atoms with Gasteiger partial charge in [0.2, 0.25) is 11.8 Å². The van der Waals surface area contributed by atoms with Gasteiger partial charge >= 0.3 is 0 Å². The van der Waals surface area contributed by atoms with Crippen LogP contribution in [-0.4, -0.2) is 28.6 Å². The molecule has 1 saturated heterocycles. The van der Waals surface area contributed by atoms with Crippen LogP contribution in [0.5, 0.6) is 0 Å². The van der Waals surface area contributed by atoms with E-state index in [-0.39, 0.29) is 35.5 Å². The topological polar surface area (TPSA) is 57.6 Å². The molecule has 4 unspecified atom stereocenters. The molecule has 82 valence electrons. The molecule has 1 aliphatic carbocycles. The van der Waals surface area contributed by atoms with Crippen molar-refractivity contribution in [3.8, 4) is 0 Å². The number of amides is 2. The minimum Gasteiger partial charge on any atom is -0.376 e. The molecule has 1 aliphatic heterocycles. The summed E-state index contributed by atoms with van der Waals surface area (Å²) in [6.45, 7) is 3.38. The van der Waals surface area contributed by atoms with E-state index in [0.717, 1.165) is 4.90 Å². The van der Waals surface area contributed by atoms with Gasteiger partial charge in [-0.05, 0) is 11.8 Å². The maximum absolute atomic E-state index is 11.8. The van der Waals surface area contributed by atoms with Crippen molar-refractivity contribution in [3.05, 3.63) is 12.2 Å². The summed E-state index contributed by atoms with van der Waals surface area (Å²) in [5, 5.41) is 8.99. The number of hydrogen-bond acceptors (Lipinski definition) is 3. The van der Waals surface area contributed by atoms with E-state index >= 15 is 0 Å². The van der Waals surface area contributed by atoms with Crippen LogP contribution in [0.4, 0.5) is 0 Å². The van der Waals surface area contributed by atoms with Crippen molar-refractivity contribution in [1.29, 1.82) is 0 Å². The van der Waals surface area contributed by atoms with Crippen molar-refractivity contribution in [1.82, 2.24) is 4.90 Å². The molecule has 0 bridgehead atoms. The average molecular weight is 209 g/mol. The SMILES string of the molecule is CC1C=CC(C)C2C(=O)N(CO)C(=O)C12. The normalized spacial score (nSPS) is 39.8. The molecule has 4 heteroatoms. The summed E-state index contributed by atoms with van der Waals surface area (Å²) in [7, 11) is 0. The Labute approximate surface area is 88.6 Å². The van der Waals surface area contributed by atoms with Crippen molar-refractivity contribution in [2.45, 2.75) is 13.8 Å². The number of likely N-dealkylation sites (tertiary alicyclic amines) is 1. The Balaban J connectivity index is 2.38. The number of carbonyl (C=O) groups excluding carboxylic acids is 2. The standard InChI is InChI=1S/C11H15NO3/c1-6-3-4-7(2)9-8(6)10(14)12(5-13)11(9)15/h3-4,6-9,13H,5H2,1-2H3. The zero-order chi connectivity index (χ0) is 11.2. The molecule has 0 aromatic heterocycles. The summed E-state index contributed by atoms with van der Waals surface area (Å²) in [6, 6.07) is 0. The number of hydrogen-bond donors (Lipinski definition) is 1. The van der Waals surface area contributed by atoms with Crippen LogP contribution in [0.15, 0.2) is 12.2 Å². The minimum absolute atomic E-state index is 0.0826. The number of carbonyl (C=O) groups is 2. The Morgan fingerprint density at radius 3 is 1.87 bits per heavy atom. The van der Waals surface area contributed by atoms with Crippen molar-refractivity contribution in [3.63, 3.8) is 0 Å². The first kappa shape index (κ1) is 10.4. The lowest BCUT2D eigenvalue weighted by Gasteiger charge is -2.27. The fourth-order valence-electron chi connectivity index (χ4n) is 2.61. The molecule has 1 heterocycles. The first-order valence-corrected chi connectivity index (χ1v) is 5.22. The number of aliphatic hydroxyl groups is 1. The van der Waals surface area contributed by atoms with E-state index < -0.39 is 6.73 Å². The van der Waals surface area contributed by atoms with Crippen molar-refractivity contribution < 1.29 is 14.7 Å². The molecular formula is C11H15NO3. The highest BCUT2D eigenvalue weighted by Crippen LogP contribution is 2.40. The van der Waals surface area contributed by atoms with Crippen LogP contribution in [0.1, 0.15) is 13.8 Å². The van der Waals surface area contributed by atoms with E-state index in [1.807, 2.05) is 26.0 Å². The average Bonchev–Trinajstić information content (AvgIpc) is 2.46. The van der Waals surface area contributed by atoms with Gasteiger partial charge in [0.1, 0.15) is 6.73 Å². The second-order valence-corrected chi connectivity index (χ2v) is 4.40. The number of nitrogens with zero attached hydrogens (tertiary/aromatic N) is 1. The molecule has 2 rings (SSSR count). The lowest BCUT2D eigenvalue weighted by Crippen LogP contribution is -2.32. The van der Waals surface area contributed by atoms with Crippen LogP contribution in [0.2, 0.25) is 0 Å². The van der Waals surface area contributed by atoms with Crippen molar-refractivity contribution >= 4 is 11.8 Å². The maximum Gasteiger partial charge on any atom is 0.235 e. The Kier molecular flexibility index (Phi) is 2.38. The number of aliphatic hydroxyl groups excluding tert-OH is 1. The van der Waals surface area contributed by atoms with Crippen molar-refractivity contribution in [2.24, 2.45) is 23.7 Å². The van der Waals surface area contributed by atoms with Crippen molar-refractivity contribution in [2.75, 3.05) is 6.73 Å². The summed E-state index contributed by atoms with van der Waals surface area (Å²) in [6.07, 6.45) is 3.97. The second-order valence-electron chi connectivity index (χ2n) is 4.40. The molecule has 0 spiro atoms. The van der Waals surface area contributed by atoms with E-state index in [4.69, 9.17) is 5.11 Å². The molecule has 2 amide bonds. The van der Waals surface area contributed by atoms with Gasteiger partial charge in [0.15, 0.2) is 0 Å². The van der Waals surface area contributed by atoms with Crippen LogP contribution >= 0.6 is 0 Å². The van der Waals surface area contributed by atoms with Gasteiger partial charge in [-0.25, -0.2) is 0 Å². The van der Waals surface area contributed by atoms with Gasteiger partial charge in [-0.2, -0.15) is 0 Å². The molecule has 15 heavy (non-hydrogen) atoms. The molecule has 0 radical (unpaired) electrons.